The van der Waals surface area contributed by atoms with Gasteiger partial charge in [-0.1, -0.05) is 164 Å². The Morgan fingerprint density at radius 1 is 0.613 bits per heavy atom. The second-order valence-corrected chi connectivity index (χ2v) is 16.2. The second-order valence-electron chi connectivity index (χ2n) is 16.2. The number of para-hydroxylation sites is 2. The molecule has 306 valence electrons. The zero-order chi connectivity index (χ0) is 41.7. The maximum Gasteiger partial charge on any atom is 0.268 e. The molecule has 62 heavy (non-hydrogen) atoms. The van der Waals surface area contributed by atoms with E-state index in [1.165, 1.54) is 22.3 Å². The first-order valence-electron chi connectivity index (χ1n) is 20.7. The van der Waals surface area contributed by atoms with Crippen LogP contribution >= 0.6 is 0 Å². The van der Waals surface area contributed by atoms with Crippen molar-refractivity contribution in [3.05, 3.63) is 222 Å². The summed E-state index contributed by atoms with van der Waals surface area (Å²) in [6.45, 7) is 11.1. The number of rotatable bonds is 8. The molecule has 10 rings (SSSR count). The van der Waals surface area contributed by atoms with Crippen LogP contribution in [0.1, 0.15) is 41.7 Å². The summed E-state index contributed by atoms with van der Waals surface area (Å²) in [5.41, 5.74) is 16.5. The van der Waals surface area contributed by atoms with E-state index < -0.39 is 0 Å². The Hall–Kier alpha value is -6.81. The number of pyridine rings is 1. The van der Waals surface area contributed by atoms with E-state index in [1.807, 2.05) is 36.5 Å². The first-order valence-corrected chi connectivity index (χ1v) is 20.7. The normalized spacial score (nSPS) is 12.6. The van der Waals surface area contributed by atoms with Crippen LogP contribution in [0.15, 0.2) is 176 Å². The molecule has 0 N–H and O–H groups in total. The summed E-state index contributed by atoms with van der Waals surface area (Å²) in [6.07, 6.45) is 5.65. The van der Waals surface area contributed by atoms with Crippen LogP contribution in [0.5, 0.6) is 11.5 Å². The first kappa shape index (κ1) is 40.6. The molecule has 3 heterocycles. The number of nitrogens with zero attached hydrogens (tertiary/aromatic N) is 4. The van der Waals surface area contributed by atoms with Gasteiger partial charge < -0.3 is 19.2 Å². The molecule has 1 aliphatic rings. The van der Waals surface area contributed by atoms with Crippen molar-refractivity contribution in [1.29, 1.82) is 0 Å². The average molecular weight is 984 g/mol. The largest absolute Gasteiger partial charge is 0.503 e. The third-order valence-electron chi connectivity index (χ3n) is 11.7. The van der Waals surface area contributed by atoms with Gasteiger partial charge in [-0.25, -0.2) is 0 Å². The Morgan fingerprint density at radius 2 is 1.26 bits per heavy atom. The van der Waals surface area contributed by atoms with Crippen LogP contribution in [0.4, 0.5) is 17.1 Å². The fourth-order valence-corrected chi connectivity index (χ4v) is 9.06. The van der Waals surface area contributed by atoms with Crippen molar-refractivity contribution in [2.24, 2.45) is 0 Å². The van der Waals surface area contributed by atoms with Crippen molar-refractivity contribution in [3.8, 4) is 56.6 Å². The minimum Gasteiger partial charge on any atom is -0.503 e. The van der Waals surface area contributed by atoms with Gasteiger partial charge in [-0.2, -0.15) is 12.1 Å². The van der Waals surface area contributed by atoms with Crippen molar-refractivity contribution >= 4 is 17.1 Å². The van der Waals surface area contributed by atoms with Gasteiger partial charge >= 0.3 is 0 Å². The third kappa shape index (κ3) is 7.17. The van der Waals surface area contributed by atoms with Gasteiger partial charge in [-0.05, 0) is 89.9 Å². The number of imidazole rings is 1. The molecule has 6 heteroatoms. The molecular formula is C56H44N4OPt-2. The Kier molecular flexibility index (Phi) is 10.8. The molecule has 0 radical (unpaired) electrons. The fourth-order valence-electron chi connectivity index (χ4n) is 9.06. The van der Waals surface area contributed by atoms with Crippen LogP contribution in [0.2, 0.25) is 0 Å². The zero-order valence-electron chi connectivity index (χ0n) is 35.3. The predicted molar refractivity (Wildman–Crippen MR) is 245 cm³/mol. The number of fused-ring (bicyclic) bond motifs is 2. The average Bonchev–Trinajstić information content (AvgIpc) is 3.68. The molecule has 0 saturated heterocycles. The van der Waals surface area contributed by atoms with Crippen molar-refractivity contribution in [1.82, 2.24) is 9.55 Å². The monoisotopic (exact) mass is 983 g/mol. The molecule has 0 saturated carbocycles. The Morgan fingerprint density at radius 3 is 1.95 bits per heavy atom. The molecule has 0 bridgehead atoms. The van der Waals surface area contributed by atoms with E-state index in [9.17, 15) is 0 Å². The van der Waals surface area contributed by atoms with Crippen molar-refractivity contribution in [2.45, 2.75) is 40.0 Å². The van der Waals surface area contributed by atoms with E-state index >= 15 is 0 Å². The van der Waals surface area contributed by atoms with E-state index in [1.54, 1.807) is 0 Å². The van der Waals surface area contributed by atoms with Crippen LogP contribution in [0.25, 0.3) is 45.1 Å². The van der Waals surface area contributed by atoms with E-state index in [0.717, 1.165) is 67.8 Å². The van der Waals surface area contributed by atoms with Gasteiger partial charge in [-0.15, -0.1) is 12.1 Å². The number of anilines is 3. The molecule has 9 aromatic rings. The maximum atomic E-state index is 6.90. The fraction of sp³-hybridized carbons (Fsp3) is 0.107. The van der Waals surface area contributed by atoms with Gasteiger partial charge in [0, 0.05) is 55.6 Å². The Bertz CT molecular complexity index is 3030. The Balaban J connectivity index is 0.00000490. The van der Waals surface area contributed by atoms with Gasteiger partial charge in [0.1, 0.15) is 0 Å². The molecule has 0 fully saturated rings. The number of hydrogen-bond acceptors (Lipinski definition) is 3. The molecule has 1 aliphatic heterocycles. The SMILES string of the molecule is Cc1cc(C)c(-[n+]2[c-]n(-c3[c-]c(Oc4[c-]c(-c5ccccn5)c5c(c4)C(C)(C)c4ccccc4N5c4ccccc4)ccc3)c(-c3ccccc3)c2-c2ccccc2)c(C)c1.[Pt]. The van der Waals surface area contributed by atoms with Crippen LogP contribution in [-0.4, -0.2) is 9.55 Å². The molecule has 0 atom stereocenters. The molecular weight excluding hydrogens is 940 g/mol. The zero-order valence-corrected chi connectivity index (χ0v) is 37.5. The minimum absolute atomic E-state index is 0. The first-order chi connectivity index (χ1) is 29.8. The van der Waals surface area contributed by atoms with Gasteiger partial charge in [0.15, 0.2) is 0 Å². The van der Waals surface area contributed by atoms with Gasteiger partial charge in [-0.3, -0.25) is 4.57 Å². The van der Waals surface area contributed by atoms with Gasteiger partial charge in [0.05, 0.1) is 17.1 Å². The van der Waals surface area contributed by atoms with Crippen LogP contribution < -0.4 is 14.2 Å². The summed E-state index contributed by atoms with van der Waals surface area (Å²) in [5.74, 6) is 1.14. The molecule has 0 unspecified atom stereocenters. The van der Waals surface area contributed by atoms with Crippen LogP contribution in [-0.2, 0) is 26.5 Å². The molecule has 0 aliphatic carbocycles. The number of aromatic nitrogens is 3. The number of aryl methyl sites for hydroxylation is 3. The smallest absolute Gasteiger partial charge is 0.268 e. The predicted octanol–water partition coefficient (Wildman–Crippen LogP) is 13.4. The van der Waals surface area contributed by atoms with Gasteiger partial charge in [0.2, 0.25) is 0 Å². The molecule has 2 aromatic heterocycles. The summed E-state index contributed by atoms with van der Waals surface area (Å²) >= 11 is 0. The van der Waals surface area contributed by atoms with E-state index in [4.69, 9.17) is 9.72 Å². The van der Waals surface area contributed by atoms with Gasteiger partial charge in [0.25, 0.3) is 6.33 Å². The summed E-state index contributed by atoms with van der Waals surface area (Å²) < 4.78 is 11.2. The topological polar surface area (TPSA) is 34.2 Å². The molecule has 7 aromatic carbocycles. The maximum absolute atomic E-state index is 6.90. The number of hydrogen-bond donors (Lipinski definition) is 0. The van der Waals surface area contributed by atoms with E-state index in [2.05, 4.69) is 207 Å². The van der Waals surface area contributed by atoms with Crippen LogP contribution in [0.3, 0.4) is 0 Å². The molecule has 0 spiro atoms. The Labute approximate surface area is 378 Å². The number of ether oxygens (including phenoxy) is 1. The van der Waals surface area contributed by atoms with Crippen LogP contribution in [0, 0.1) is 39.2 Å². The molecule has 5 nitrogen and oxygen atoms in total. The second kappa shape index (κ2) is 16.6. The van der Waals surface area contributed by atoms with Crippen molar-refractivity contribution in [2.75, 3.05) is 4.90 Å². The quantitative estimate of drug-likeness (QED) is 0.112. The standard InChI is InChI=1S/C56H44N4O.Pt/c1-38-32-39(2)52(40(3)33-38)59-37-58(53(41-20-9-6-10-21-41)54(59)42-22-11-7-12-23-42)44-26-19-27-45(34-44)61-46-35-47(50-29-17-18-31-57-50)55-49(36-46)56(4,5)48-28-15-16-30-51(48)60(55)43-24-13-8-14-25-43;/h6-33,36H,1-5H3;/q-2;. The number of benzene rings is 7. The minimum atomic E-state index is -0.377. The summed E-state index contributed by atoms with van der Waals surface area (Å²) in [4.78, 5) is 7.22. The summed E-state index contributed by atoms with van der Waals surface area (Å²) in [5, 5.41) is 0. The molecule has 0 amide bonds. The van der Waals surface area contributed by atoms with Crippen molar-refractivity contribution in [3.63, 3.8) is 0 Å². The van der Waals surface area contributed by atoms with Crippen molar-refractivity contribution < 1.29 is 30.4 Å². The van der Waals surface area contributed by atoms with E-state index in [0.29, 0.717) is 11.5 Å². The summed E-state index contributed by atoms with van der Waals surface area (Å²) in [6, 6.07) is 66.4. The van der Waals surface area contributed by atoms with E-state index in [-0.39, 0.29) is 26.5 Å². The third-order valence-corrected chi connectivity index (χ3v) is 11.7. The summed E-state index contributed by atoms with van der Waals surface area (Å²) in [7, 11) is 0.